The minimum absolute atomic E-state index is 0.138. The second-order valence-corrected chi connectivity index (χ2v) is 4.79. The highest BCUT2D eigenvalue weighted by molar-refractivity contribution is 9.10. The van der Waals surface area contributed by atoms with E-state index in [1.165, 1.54) is 0 Å². The van der Waals surface area contributed by atoms with Crippen LogP contribution in [0.15, 0.2) is 22.7 Å². The second-order valence-electron chi connectivity index (χ2n) is 3.87. The molecule has 1 aromatic carbocycles. The minimum Gasteiger partial charge on any atom is -0.385 e. The summed E-state index contributed by atoms with van der Waals surface area (Å²) in [6.45, 7) is 2.18. The fourth-order valence-electron chi connectivity index (χ4n) is 1.93. The number of carbonyl (C=O) groups is 1. The molecule has 0 spiro atoms. The Kier molecular flexibility index (Phi) is 3.61. The normalized spacial score (nSPS) is 14.4. The molecule has 0 aromatic heterocycles. The molecule has 0 fully saturated rings. The van der Waals surface area contributed by atoms with Gasteiger partial charge in [0.2, 0.25) is 0 Å². The molecule has 1 aliphatic rings. The highest BCUT2D eigenvalue weighted by atomic mass is 79.9. The molecule has 1 aliphatic heterocycles. The molecule has 3 nitrogen and oxygen atoms in total. The molecule has 0 saturated carbocycles. The summed E-state index contributed by atoms with van der Waals surface area (Å²) in [7, 11) is 1.68. The van der Waals surface area contributed by atoms with Gasteiger partial charge in [0.05, 0.1) is 0 Å². The first-order valence-corrected chi connectivity index (χ1v) is 6.08. The number of nitrogens with zero attached hydrogens (tertiary/aromatic N) is 1. The van der Waals surface area contributed by atoms with Gasteiger partial charge in [0.1, 0.15) is 0 Å². The van der Waals surface area contributed by atoms with Crippen molar-refractivity contribution in [1.82, 2.24) is 4.90 Å². The number of ether oxygens (including phenoxy) is 1. The van der Waals surface area contributed by atoms with Crippen molar-refractivity contribution in [2.24, 2.45) is 0 Å². The molecule has 0 radical (unpaired) electrons. The van der Waals surface area contributed by atoms with Crippen molar-refractivity contribution in [3.8, 4) is 0 Å². The molecule has 0 atom stereocenters. The first-order chi connectivity index (χ1) is 7.72. The third-order valence-corrected chi connectivity index (χ3v) is 3.22. The summed E-state index contributed by atoms with van der Waals surface area (Å²) in [5, 5.41) is 0. The highest BCUT2D eigenvalue weighted by Crippen LogP contribution is 2.25. The first-order valence-electron chi connectivity index (χ1n) is 5.29. The van der Waals surface area contributed by atoms with Gasteiger partial charge in [-0.15, -0.1) is 0 Å². The van der Waals surface area contributed by atoms with Gasteiger partial charge in [-0.1, -0.05) is 15.9 Å². The molecule has 0 unspecified atom stereocenters. The Morgan fingerprint density at radius 2 is 2.31 bits per heavy atom. The summed E-state index contributed by atoms with van der Waals surface area (Å²) >= 11 is 3.42. The predicted molar refractivity (Wildman–Crippen MR) is 65.4 cm³/mol. The van der Waals surface area contributed by atoms with Crippen LogP contribution in [0.5, 0.6) is 0 Å². The molecule has 2 rings (SSSR count). The Morgan fingerprint density at radius 3 is 3.06 bits per heavy atom. The molecule has 86 valence electrons. The lowest BCUT2D eigenvalue weighted by molar-refractivity contribution is 0.0760. The van der Waals surface area contributed by atoms with Crippen LogP contribution >= 0.6 is 15.9 Å². The summed E-state index contributed by atoms with van der Waals surface area (Å²) in [6, 6.07) is 5.82. The standard InChI is InChI=1S/C12H14BrNO2/c1-16-6-2-5-14-8-9-7-10(13)3-4-11(9)12(14)15/h3-4,7H,2,5-6,8H2,1H3. The average Bonchev–Trinajstić information content (AvgIpc) is 2.56. The van der Waals surface area contributed by atoms with Crippen LogP contribution in [0.1, 0.15) is 22.3 Å². The van der Waals surface area contributed by atoms with Crippen LogP contribution in [0.3, 0.4) is 0 Å². The fraction of sp³-hybridized carbons (Fsp3) is 0.417. The van der Waals surface area contributed by atoms with E-state index >= 15 is 0 Å². The number of hydrogen-bond donors (Lipinski definition) is 0. The number of hydrogen-bond acceptors (Lipinski definition) is 2. The number of amides is 1. The Labute approximate surface area is 104 Å². The zero-order chi connectivity index (χ0) is 11.5. The van der Waals surface area contributed by atoms with Gasteiger partial charge in [0.25, 0.3) is 5.91 Å². The lowest BCUT2D eigenvalue weighted by Crippen LogP contribution is -2.25. The number of fused-ring (bicyclic) bond motifs is 1. The van der Waals surface area contributed by atoms with Gasteiger partial charge in [0.15, 0.2) is 0 Å². The quantitative estimate of drug-likeness (QED) is 0.795. The zero-order valence-electron chi connectivity index (χ0n) is 9.20. The van der Waals surface area contributed by atoms with Crippen molar-refractivity contribution in [2.75, 3.05) is 20.3 Å². The maximum absolute atomic E-state index is 12.0. The SMILES string of the molecule is COCCCN1Cc2cc(Br)ccc2C1=O. The van der Waals surface area contributed by atoms with Crippen LogP contribution in [0.2, 0.25) is 0 Å². The van der Waals surface area contributed by atoms with Crippen LogP contribution in [0.4, 0.5) is 0 Å². The topological polar surface area (TPSA) is 29.5 Å². The minimum atomic E-state index is 0.138. The molecule has 1 amide bonds. The van der Waals surface area contributed by atoms with E-state index in [-0.39, 0.29) is 5.91 Å². The Bertz CT molecular complexity index is 406. The van der Waals surface area contributed by atoms with Gasteiger partial charge in [-0.2, -0.15) is 0 Å². The number of carbonyl (C=O) groups excluding carboxylic acids is 1. The Morgan fingerprint density at radius 1 is 1.50 bits per heavy atom. The molecule has 4 heteroatoms. The summed E-state index contributed by atoms with van der Waals surface area (Å²) < 4.78 is 6.01. The van der Waals surface area contributed by atoms with Gasteiger partial charge in [0, 0.05) is 36.8 Å². The summed E-state index contributed by atoms with van der Waals surface area (Å²) in [5.41, 5.74) is 1.94. The molecular weight excluding hydrogens is 270 g/mol. The van der Waals surface area contributed by atoms with E-state index in [4.69, 9.17) is 4.74 Å². The van der Waals surface area contributed by atoms with Gasteiger partial charge < -0.3 is 9.64 Å². The number of halogens is 1. The number of methoxy groups -OCH3 is 1. The van der Waals surface area contributed by atoms with Gasteiger partial charge in [-0.05, 0) is 30.2 Å². The van der Waals surface area contributed by atoms with Crippen molar-refractivity contribution >= 4 is 21.8 Å². The highest BCUT2D eigenvalue weighted by Gasteiger charge is 2.26. The summed E-state index contributed by atoms with van der Waals surface area (Å²) in [5.74, 6) is 0.138. The second kappa shape index (κ2) is 4.97. The summed E-state index contributed by atoms with van der Waals surface area (Å²) in [6.07, 6.45) is 0.886. The van der Waals surface area contributed by atoms with E-state index in [1.807, 2.05) is 23.1 Å². The van der Waals surface area contributed by atoms with Crippen LogP contribution in [-0.2, 0) is 11.3 Å². The number of benzene rings is 1. The molecule has 1 heterocycles. The van der Waals surface area contributed by atoms with Crippen LogP contribution in [-0.4, -0.2) is 31.1 Å². The van der Waals surface area contributed by atoms with E-state index in [1.54, 1.807) is 7.11 Å². The van der Waals surface area contributed by atoms with Crippen molar-refractivity contribution in [2.45, 2.75) is 13.0 Å². The molecule has 0 saturated heterocycles. The van der Waals surface area contributed by atoms with E-state index < -0.39 is 0 Å². The molecular formula is C12H14BrNO2. The maximum Gasteiger partial charge on any atom is 0.254 e. The maximum atomic E-state index is 12.0. The monoisotopic (exact) mass is 283 g/mol. The Hall–Kier alpha value is -0.870. The fourth-order valence-corrected chi connectivity index (χ4v) is 2.34. The van der Waals surface area contributed by atoms with E-state index in [0.717, 1.165) is 35.1 Å². The van der Waals surface area contributed by atoms with Crippen molar-refractivity contribution in [3.05, 3.63) is 33.8 Å². The first kappa shape index (κ1) is 11.6. The molecule has 16 heavy (non-hydrogen) atoms. The summed E-state index contributed by atoms with van der Waals surface area (Å²) in [4.78, 5) is 13.8. The van der Waals surface area contributed by atoms with Gasteiger partial charge >= 0.3 is 0 Å². The van der Waals surface area contributed by atoms with Crippen molar-refractivity contribution in [1.29, 1.82) is 0 Å². The lowest BCUT2D eigenvalue weighted by atomic mass is 10.1. The third-order valence-electron chi connectivity index (χ3n) is 2.72. The lowest BCUT2D eigenvalue weighted by Gasteiger charge is -2.14. The van der Waals surface area contributed by atoms with E-state index in [9.17, 15) is 4.79 Å². The number of rotatable bonds is 4. The molecule has 1 aromatic rings. The predicted octanol–water partition coefficient (Wildman–Crippen LogP) is 2.44. The van der Waals surface area contributed by atoms with E-state index in [2.05, 4.69) is 15.9 Å². The van der Waals surface area contributed by atoms with E-state index in [0.29, 0.717) is 6.61 Å². The molecule has 0 bridgehead atoms. The van der Waals surface area contributed by atoms with Gasteiger partial charge in [-0.25, -0.2) is 0 Å². The van der Waals surface area contributed by atoms with Crippen LogP contribution in [0, 0.1) is 0 Å². The largest absolute Gasteiger partial charge is 0.385 e. The van der Waals surface area contributed by atoms with Crippen molar-refractivity contribution < 1.29 is 9.53 Å². The van der Waals surface area contributed by atoms with Crippen molar-refractivity contribution in [3.63, 3.8) is 0 Å². The smallest absolute Gasteiger partial charge is 0.254 e. The Balaban J connectivity index is 2.06. The third kappa shape index (κ3) is 2.28. The van der Waals surface area contributed by atoms with Gasteiger partial charge in [-0.3, -0.25) is 4.79 Å². The molecule has 0 aliphatic carbocycles. The molecule has 0 N–H and O–H groups in total. The zero-order valence-corrected chi connectivity index (χ0v) is 10.8. The van der Waals surface area contributed by atoms with Crippen LogP contribution in [0.25, 0.3) is 0 Å². The van der Waals surface area contributed by atoms with Crippen LogP contribution < -0.4 is 0 Å². The average molecular weight is 284 g/mol.